The highest BCUT2D eigenvalue weighted by molar-refractivity contribution is 5.83. The van der Waals surface area contributed by atoms with Gasteiger partial charge in [-0.1, -0.05) is 0 Å². The van der Waals surface area contributed by atoms with E-state index in [0.29, 0.717) is 12.4 Å². The molecule has 0 aromatic carbocycles. The highest BCUT2D eigenvalue weighted by Crippen LogP contribution is 2.32. The lowest BCUT2D eigenvalue weighted by atomic mass is 10.0. The molecule has 0 unspecified atom stereocenters. The highest BCUT2D eigenvalue weighted by Gasteiger charge is 2.43. The first kappa shape index (κ1) is 28.5. The van der Waals surface area contributed by atoms with Gasteiger partial charge in [0.15, 0.2) is 0 Å². The lowest BCUT2D eigenvalue weighted by molar-refractivity contribution is -0.140. The number of anilines is 2. The summed E-state index contributed by atoms with van der Waals surface area (Å²) in [6.07, 6.45) is -9.49. The maximum Gasteiger partial charge on any atom is 0.423 e. The lowest BCUT2D eigenvalue weighted by Gasteiger charge is -2.39. The van der Waals surface area contributed by atoms with Gasteiger partial charge in [-0.3, -0.25) is 9.59 Å². The molecule has 2 N–H and O–H groups in total. The van der Waals surface area contributed by atoms with Crippen LogP contribution in [-0.4, -0.2) is 81.6 Å². The molecule has 2 aliphatic rings. The second-order valence-corrected chi connectivity index (χ2v) is 9.26. The fourth-order valence-corrected chi connectivity index (χ4v) is 4.57. The second kappa shape index (κ2) is 10.9. The van der Waals surface area contributed by atoms with Crippen LogP contribution in [0.2, 0.25) is 0 Å². The average Bonchev–Trinajstić information content (AvgIpc) is 3.21. The van der Waals surface area contributed by atoms with Crippen LogP contribution in [0.3, 0.4) is 0 Å². The van der Waals surface area contributed by atoms with Crippen LogP contribution in [-0.2, 0) is 21.9 Å². The van der Waals surface area contributed by atoms with Gasteiger partial charge >= 0.3 is 12.4 Å². The van der Waals surface area contributed by atoms with Gasteiger partial charge < -0.3 is 19.9 Å². The zero-order valence-electron chi connectivity index (χ0n) is 20.4. The van der Waals surface area contributed by atoms with Gasteiger partial charge in [0, 0.05) is 37.9 Å². The second-order valence-electron chi connectivity index (χ2n) is 9.26. The minimum absolute atomic E-state index is 0.0520. The Morgan fingerprint density at radius 2 is 1.77 bits per heavy atom. The molecule has 1 amide bonds. The number of hydrogen-bond acceptors (Lipinski definition) is 8. The summed E-state index contributed by atoms with van der Waals surface area (Å²) >= 11 is 0. The van der Waals surface area contributed by atoms with Crippen LogP contribution in [0.25, 0.3) is 0 Å². The van der Waals surface area contributed by atoms with Crippen molar-refractivity contribution >= 4 is 17.5 Å². The summed E-state index contributed by atoms with van der Waals surface area (Å²) in [7, 11) is 0. The van der Waals surface area contributed by atoms with Crippen LogP contribution in [0.15, 0.2) is 23.4 Å². The molecule has 39 heavy (non-hydrogen) atoms. The Balaban J connectivity index is 1.30. The van der Waals surface area contributed by atoms with Crippen LogP contribution in [0.5, 0.6) is 0 Å². The van der Waals surface area contributed by atoms with E-state index in [1.807, 2.05) is 0 Å². The predicted molar refractivity (Wildman–Crippen MR) is 122 cm³/mol. The van der Waals surface area contributed by atoms with Crippen molar-refractivity contribution in [3.8, 4) is 0 Å². The molecule has 0 saturated carbocycles. The first-order valence-corrected chi connectivity index (χ1v) is 11.9. The monoisotopic (exact) mass is 567 g/mol. The van der Waals surface area contributed by atoms with Crippen molar-refractivity contribution in [2.24, 2.45) is 0 Å². The number of piperidine rings is 1. The number of amides is 1. The molecular formula is C22H24F7N7O3. The maximum atomic E-state index is 15.1. The molecule has 17 heteroatoms. The van der Waals surface area contributed by atoms with E-state index < -0.39 is 65.0 Å². The van der Waals surface area contributed by atoms with Gasteiger partial charge in [-0.2, -0.15) is 31.4 Å². The Labute approximate surface area is 216 Å². The van der Waals surface area contributed by atoms with Crippen LogP contribution in [0.4, 0.5) is 42.4 Å². The van der Waals surface area contributed by atoms with E-state index in [2.05, 4.69) is 20.4 Å². The third-order valence-corrected chi connectivity index (χ3v) is 6.44. The number of carbonyl (C=O) groups excluding carboxylic acids is 1. The summed E-state index contributed by atoms with van der Waals surface area (Å²) in [5.74, 6) is -0.522. The zero-order chi connectivity index (χ0) is 28.5. The van der Waals surface area contributed by atoms with Crippen molar-refractivity contribution in [1.82, 2.24) is 25.1 Å². The van der Waals surface area contributed by atoms with Gasteiger partial charge in [-0.15, -0.1) is 0 Å². The van der Waals surface area contributed by atoms with E-state index in [-0.39, 0.29) is 45.0 Å². The van der Waals surface area contributed by atoms with Crippen LogP contribution in [0.1, 0.15) is 30.9 Å². The van der Waals surface area contributed by atoms with Gasteiger partial charge in [-0.25, -0.2) is 19.5 Å². The van der Waals surface area contributed by atoms with Crippen LogP contribution < -0.4 is 15.8 Å². The van der Waals surface area contributed by atoms with E-state index >= 15 is 4.39 Å². The summed E-state index contributed by atoms with van der Waals surface area (Å²) in [6, 6.07) is -1.53. The molecule has 2 aromatic rings. The smallest absolute Gasteiger partial charge is 0.378 e. The minimum Gasteiger partial charge on any atom is -0.378 e. The Hall–Kier alpha value is -3.50. The van der Waals surface area contributed by atoms with Crippen LogP contribution >= 0.6 is 0 Å². The van der Waals surface area contributed by atoms with E-state index in [1.54, 1.807) is 5.10 Å². The summed E-state index contributed by atoms with van der Waals surface area (Å²) in [4.78, 5) is 34.6. The van der Waals surface area contributed by atoms with Crippen molar-refractivity contribution in [1.29, 1.82) is 0 Å². The number of aromatic nitrogens is 4. The van der Waals surface area contributed by atoms with Gasteiger partial charge in [0.1, 0.15) is 17.8 Å². The molecule has 4 heterocycles. The number of alkyl halides is 7. The molecule has 4 rings (SSSR count). The van der Waals surface area contributed by atoms with Crippen molar-refractivity contribution < 1.29 is 40.3 Å². The molecule has 0 bridgehead atoms. The summed E-state index contributed by atoms with van der Waals surface area (Å²) in [5, 5.41) is 7.63. The largest absolute Gasteiger partial charge is 0.423 e. The Kier molecular flexibility index (Phi) is 7.99. The molecular weight excluding hydrogens is 543 g/mol. The number of rotatable bonds is 7. The third-order valence-electron chi connectivity index (χ3n) is 6.44. The molecule has 4 atom stereocenters. The van der Waals surface area contributed by atoms with Gasteiger partial charge in [0.05, 0.1) is 36.6 Å². The van der Waals surface area contributed by atoms with E-state index in [9.17, 15) is 35.9 Å². The van der Waals surface area contributed by atoms with Gasteiger partial charge in [-0.05, 0) is 13.3 Å². The fourth-order valence-electron chi connectivity index (χ4n) is 4.57. The molecule has 0 spiro atoms. The number of ether oxygens (including phenoxy) is 1. The van der Waals surface area contributed by atoms with Crippen LogP contribution in [0, 0.1) is 0 Å². The molecule has 10 nitrogen and oxygen atoms in total. The number of carbonyl (C=O) groups is 1. The number of nitrogens with one attached hydrogen (secondary N) is 2. The van der Waals surface area contributed by atoms with Crippen molar-refractivity contribution in [2.45, 2.75) is 56.5 Å². The Morgan fingerprint density at radius 1 is 1.08 bits per heavy atom. The first-order chi connectivity index (χ1) is 18.3. The standard InChI is InChI=1S/C22H24F7N7O3/c1-11(33-14-8-32-34-18(37)17(14)22(27,28)29)10-39-16-3-5-36(19(16)38)15-2-4-35(9-13(15)23)20-30-6-12(7-31-20)21(24,25)26/h6-8,11,13,15-16H,2-5,9-10H2,1H3,(H2,33,34,37)/t11-,13+,15-,16+/m0/s1. The maximum absolute atomic E-state index is 15.1. The third kappa shape index (κ3) is 6.39. The fraction of sp³-hybridized carbons (Fsp3) is 0.591. The molecule has 2 aromatic heterocycles. The van der Waals surface area contributed by atoms with E-state index in [1.165, 1.54) is 16.7 Å². The number of hydrogen-bond donors (Lipinski definition) is 2. The number of halogens is 7. The van der Waals surface area contributed by atoms with Crippen molar-refractivity contribution in [3.63, 3.8) is 0 Å². The lowest BCUT2D eigenvalue weighted by Crippen LogP contribution is -2.54. The van der Waals surface area contributed by atoms with Gasteiger partial charge in [0.2, 0.25) is 5.95 Å². The SMILES string of the molecule is C[C@@H](CO[C@@H]1CCN([C@H]2CCN(c3ncc(C(F)(F)F)cn3)C[C@H]2F)C1=O)Nc1cn[nH]c(=O)c1C(F)(F)F. The molecule has 0 aliphatic carbocycles. The van der Waals surface area contributed by atoms with Crippen molar-refractivity contribution in [3.05, 3.63) is 40.1 Å². The summed E-state index contributed by atoms with van der Waals surface area (Å²) < 4.78 is 98.5. The molecule has 2 saturated heterocycles. The highest BCUT2D eigenvalue weighted by atomic mass is 19.4. The Morgan fingerprint density at radius 3 is 2.38 bits per heavy atom. The normalized spacial score (nSPS) is 23.3. The quantitative estimate of drug-likeness (QED) is 0.491. The molecule has 2 aliphatic heterocycles. The van der Waals surface area contributed by atoms with Gasteiger partial charge in [0.25, 0.3) is 11.5 Å². The molecule has 214 valence electrons. The Bertz CT molecular complexity index is 1220. The van der Waals surface area contributed by atoms with Crippen molar-refractivity contribution in [2.75, 3.05) is 36.5 Å². The summed E-state index contributed by atoms with van der Waals surface area (Å²) in [5.41, 5.74) is -4.40. The molecule has 2 fully saturated rings. The number of nitrogens with zero attached hydrogens (tertiary/aromatic N) is 5. The number of H-pyrrole nitrogens is 1. The topological polar surface area (TPSA) is 116 Å². The molecule has 0 radical (unpaired) electrons. The average molecular weight is 567 g/mol. The number of aromatic amines is 1. The zero-order valence-corrected chi connectivity index (χ0v) is 20.4. The first-order valence-electron chi connectivity index (χ1n) is 11.9. The number of likely N-dealkylation sites (tertiary alicyclic amines) is 1. The minimum atomic E-state index is -4.92. The van der Waals surface area contributed by atoms with E-state index in [0.717, 1.165) is 6.20 Å². The predicted octanol–water partition coefficient (Wildman–Crippen LogP) is 2.63. The van der Waals surface area contributed by atoms with E-state index in [4.69, 9.17) is 4.74 Å². The summed E-state index contributed by atoms with van der Waals surface area (Å²) in [6.45, 7) is 1.49.